The Morgan fingerprint density at radius 3 is 2.24 bits per heavy atom. The van der Waals surface area contributed by atoms with E-state index < -0.39 is 0 Å². The van der Waals surface area contributed by atoms with Gasteiger partial charge in [-0.2, -0.15) is 0 Å². The summed E-state index contributed by atoms with van der Waals surface area (Å²) in [5.74, 6) is 0. The predicted octanol–water partition coefficient (Wildman–Crippen LogP) is 4.62. The highest BCUT2D eigenvalue weighted by Gasteiger charge is 2.22. The largest absolute Gasteiger partial charge is 0.330 e. The van der Waals surface area contributed by atoms with Gasteiger partial charge in [0.05, 0.1) is 21.6 Å². The van der Waals surface area contributed by atoms with Crippen LogP contribution >= 0.6 is 23.2 Å². The maximum atomic E-state index is 13.1. The average Bonchev–Trinajstić information content (AvgIpc) is 3.07. The molecular weight excluding hydrogens is 409 g/mol. The van der Waals surface area contributed by atoms with Crippen molar-refractivity contribution < 1.29 is 0 Å². The number of fused-ring (bicyclic) bond motifs is 1. The first kappa shape index (κ1) is 19.6. The van der Waals surface area contributed by atoms with Crippen molar-refractivity contribution in [1.82, 2.24) is 13.7 Å². The highest BCUT2D eigenvalue weighted by molar-refractivity contribution is 6.36. The van der Waals surface area contributed by atoms with Crippen LogP contribution in [-0.4, -0.2) is 13.7 Å². The highest BCUT2D eigenvalue weighted by atomic mass is 35.5. The summed E-state index contributed by atoms with van der Waals surface area (Å²) in [4.78, 5) is 25.6. The minimum atomic E-state index is -0.381. The molecule has 7 heteroatoms. The maximum absolute atomic E-state index is 13.1. The van der Waals surface area contributed by atoms with E-state index >= 15 is 0 Å². The van der Waals surface area contributed by atoms with Crippen molar-refractivity contribution in [3.63, 3.8) is 0 Å². The molecule has 0 atom stereocenters. The Kier molecular flexibility index (Phi) is 4.68. The summed E-state index contributed by atoms with van der Waals surface area (Å²) < 4.78 is 4.50. The molecule has 0 unspecified atom stereocenters. The number of halogens is 2. The van der Waals surface area contributed by atoms with E-state index in [1.54, 1.807) is 25.2 Å². The van der Waals surface area contributed by atoms with Crippen molar-refractivity contribution in [2.45, 2.75) is 13.8 Å². The van der Waals surface area contributed by atoms with Crippen LogP contribution in [0.5, 0.6) is 0 Å². The van der Waals surface area contributed by atoms with E-state index in [0.717, 1.165) is 15.8 Å². The lowest BCUT2D eigenvalue weighted by Crippen LogP contribution is -2.36. The SMILES string of the molecule is Cc1ccc(-n2cc3c(c2-c2ccc(Cl)cc2Cl)c(=O)n(C)c(=O)n3C)cc1C. The fraction of sp³-hybridized carbons (Fsp3) is 0.182. The number of nitrogens with zero attached hydrogens (tertiary/aromatic N) is 3. The first-order valence-electron chi connectivity index (χ1n) is 9.05. The zero-order valence-electron chi connectivity index (χ0n) is 16.5. The van der Waals surface area contributed by atoms with Crippen molar-refractivity contribution in [1.29, 1.82) is 0 Å². The van der Waals surface area contributed by atoms with Gasteiger partial charge in [-0.05, 0) is 55.3 Å². The second-order valence-corrected chi connectivity index (χ2v) is 8.05. The molecule has 2 heterocycles. The number of benzene rings is 2. The zero-order valence-corrected chi connectivity index (χ0v) is 18.0. The van der Waals surface area contributed by atoms with Gasteiger partial charge in [0.25, 0.3) is 5.56 Å². The van der Waals surface area contributed by atoms with Crippen molar-refractivity contribution in [3.8, 4) is 16.9 Å². The Morgan fingerprint density at radius 1 is 0.862 bits per heavy atom. The van der Waals surface area contributed by atoms with E-state index in [2.05, 4.69) is 0 Å². The lowest BCUT2D eigenvalue weighted by atomic mass is 10.1. The van der Waals surface area contributed by atoms with Crippen LogP contribution in [0.1, 0.15) is 11.1 Å². The molecule has 29 heavy (non-hydrogen) atoms. The molecule has 0 radical (unpaired) electrons. The normalized spacial score (nSPS) is 11.4. The van der Waals surface area contributed by atoms with Crippen LogP contribution in [0.15, 0.2) is 52.2 Å². The molecule has 4 aromatic rings. The van der Waals surface area contributed by atoms with Gasteiger partial charge in [-0.25, -0.2) is 4.79 Å². The van der Waals surface area contributed by atoms with E-state index in [4.69, 9.17) is 23.2 Å². The average molecular weight is 428 g/mol. The van der Waals surface area contributed by atoms with E-state index in [0.29, 0.717) is 32.2 Å². The molecule has 0 amide bonds. The van der Waals surface area contributed by atoms with E-state index in [1.807, 2.05) is 42.8 Å². The standard InChI is InChI=1S/C22H19Cl2N3O2/c1-12-5-7-15(9-13(12)2)27-11-18-19(21(28)26(4)22(29)25(18)3)20(27)16-8-6-14(23)10-17(16)24/h5-11H,1-4H3. The molecule has 2 aromatic heterocycles. The second-order valence-electron chi connectivity index (χ2n) is 7.21. The van der Waals surface area contributed by atoms with Crippen LogP contribution in [0.25, 0.3) is 27.8 Å². The third kappa shape index (κ3) is 3.02. The van der Waals surface area contributed by atoms with Crippen LogP contribution in [0.3, 0.4) is 0 Å². The Bertz CT molecular complexity index is 1410. The summed E-state index contributed by atoms with van der Waals surface area (Å²) in [6.07, 6.45) is 1.81. The summed E-state index contributed by atoms with van der Waals surface area (Å²) >= 11 is 12.6. The first-order chi connectivity index (χ1) is 13.7. The molecule has 2 aromatic carbocycles. The number of rotatable bonds is 2. The van der Waals surface area contributed by atoms with Crippen LogP contribution in [0.2, 0.25) is 10.0 Å². The Balaban J connectivity index is 2.22. The number of aryl methyl sites for hydroxylation is 3. The molecule has 148 valence electrons. The summed E-state index contributed by atoms with van der Waals surface area (Å²) in [5, 5.41) is 1.36. The van der Waals surface area contributed by atoms with Crippen LogP contribution < -0.4 is 11.2 Å². The van der Waals surface area contributed by atoms with Gasteiger partial charge >= 0.3 is 5.69 Å². The van der Waals surface area contributed by atoms with E-state index in [9.17, 15) is 9.59 Å². The molecule has 0 aliphatic heterocycles. The fourth-order valence-electron chi connectivity index (χ4n) is 3.57. The van der Waals surface area contributed by atoms with Gasteiger partial charge in [-0.1, -0.05) is 29.3 Å². The van der Waals surface area contributed by atoms with Crippen molar-refractivity contribution >= 4 is 34.1 Å². The highest BCUT2D eigenvalue weighted by Crippen LogP contribution is 2.36. The number of hydrogen-bond donors (Lipinski definition) is 0. The summed E-state index contributed by atoms with van der Waals surface area (Å²) in [5.41, 5.74) is 4.24. The molecule has 0 spiro atoms. The molecule has 5 nitrogen and oxygen atoms in total. The van der Waals surface area contributed by atoms with Gasteiger partial charge < -0.3 is 4.57 Å². The Hall–Kier alpha value is -2.76. The molecule has 0 saturated carbocycles. The lowest BCUT2D eigenvalue weighted by molar-refractivity contribution is 0.714. The molecule has 0 saturated heterocycles. The number of aromatic nitrogens is 3. The molecule has 0 bridgehead atoms. The molecule has 0 aliphatic rings. The van der Waals surface area contributed by atoms with Gasteiger partial charge in [-0.15, -0.1) is 0 Å². The van der Waals surface area contributed by atoms with Gasteiger partial charge in [-0.3, -0.25) is 13.9 Å². The van der Waals surface area contributed by atoms with Crippen molar-refractivity contribution in [3.05, 3.63) is 84.6 Å². The first-order valence-corrected chi connectivity index (χ1v) is 9.80. The van der Waals surface area contributed by atoms with Crippen molar-refractivity contribution in [2.24, 2.45) is 14.1 Å². The third-order valence-electron chi connectivity index (χ3n) is 5.39. The number of hydrogen-bond acceptors (Lipinski definition) is 2. The van der Waals surface area contributed by atoms with Crippen LogP contribution in [-0.2, 0) is 14.1 Å². The predicted molar refractivity (Wildman–Crippen MR) is 119 cm³/mol. The van der Waals surface area contributed by atoms with Crippen LogP contribution in [0.4, 0.5) is 0 Å². The Labute approximate surface area is 177 Å². The van der Waals surface area contributed by atoms with Crippen molar-refractivity contribution in [2.75, 3.05) is 0 Å². The maximum Gasteiger partial charge on any atom is 0.330 e. The quantitative estimate of drug-likeness (QED) is 0.468. The summed E-state index contributed by atoms with van der Waals surface area (Å²) in [7, 11) is 3.13. The molecule has 0 fully saturated rings. The van der Waals surface area contributed by atoms with E-state index in [1.165, 1.54) is 17.2 Å². The van der Waals surface area contributed by atoms with Gasteiger partial charge in [0.15, 0.2) is 0 Å². The topological polar surface area (TPSA) is 48.9 Å². The van der Waals surface area contributed by atoms with Gasteiger partial charge in [0.2, 0.25) is 0 Å². The molecular formula is C22H19Cl2N3O2. The van der Waals surface area contributed by atoms with E-state index in [-0.39, 0.29) is 11.2 Å². The minimum absolute atomic E-state index is 0.369. The van der Waals surface area contributed by atoms with Gasteiger partial charge in [0, 0.05) is 36.6 Å². The molecule has 0 N–H and O–H groups in total. The lowest BCUT2D eigenvalue weighted by Gasteiger charge is -2.13. The molecule has 0 aliphatic carbocycles. The minimum Gasteiger partial charge on any atom is -0.314 e. The zero-order chi connectivity index (χ0) is 21.0. The molecule has 4 rings (SSSR count). The Morgan fingerprint density at radius 2 is 1.59 bits per heavy atom. The van der Waals surface area contributed by atoms with Gasteiger partial charge in [0.1, 0.15) is 0 Å². The van der Waals surface area contributed by atoms with Crippen LogP contribution in [0, 0.1) is 13.8 Å². The summed E-state index contributed by atoms with van der Waals surface area (Å²) in [6.45, 7) is 4.08. The third-order valence-corrected chi connectivity index (χ3v) is 5.94. The fourth-order valence-corrected chi connectivity index (χ4v) is 4.06. The second kappa shape index (κ2) is 6.94. The monoisotopic (exact) mass is 427 g/mol. The smallest absolute Gasteiger partial charge is 0.314 e. The summed E-state index contributed by atoms with van der Waals surface area (Å²) in [6, 6.07) is 11.2.